The largest absolute Gasteiger partial charge is 0.356 e. The van der Waals surface area contributed by atoms with Crippen molar-refractivity contribution in [2.45, 2.75) is 31.7 Å². The Bertz CT molecular complexity index is 808. The van der Waals surface area contributed by atoms with Crippen molar-refractivity contribution in [3.05, 3.63) is 48.3 Å². The number of rotatable bonds is 3. The fourth-order valence-corrected chi connectivity index (χ4v) is 4.13. The molecule has 1 spiro atoms. The molecule has 2 fully saturated rings. The molecular weight excluding hydrogens is 330 g/mol. The monoisotopic (exact) mass is 353 g/mol. The molecule has 2 amide bonds. The first-order chi connectivity index (χ1) is 12.6. The molecule has 1 saturated carbocycles. The summed E-state index contributed by atoms with van der Waals surface area (Å²) < 4.78 is 1.88. The summed E-state index contributed by atoms with van der Waals surface area (Å²) in [5, 5.41) is 3.20. The van der Waals surface area contributed by atoms with E-state index in [1.165, 1.54) is 6.20 Å². The second-order valence-electron chi connectivity index (χ2n) is 7.38. The molecule has 7 nitrogen and oxygen atoms in total. The molecule has 0 radical (unpaired) electrons. The van der Waals surface area contributed by atoms with E-state index in [-0.39, 0.29) is 23.3 Å². The van der Waals surface area contributed by atoms with Crippen molar-refractivity contribution in [3.63, 3.8) is 0 Å². The van der Waals surface area contributed by atoms with Crippen LogP contribution in [0.5, 0.6) is 0 Å². The molecule has 136 valence electrons. The van der Waals surface area contributed by atoms with E-state index in [0.717, 1.165) is 25.7 Å². The lowest BCUT2D eigenvalue weighted by Crippen LogP contribution is -2.59. The van der Waals surface area contributed by atoms with E-state index in [1.54, 1.807) is 12.4 Å². The van der Waals surface area contributed by atoms with Crippen LogP contribution in [0.4, 0.5) is 0 Å². The van der Waals surface area contributed by atoms with Crippen LogP contribution in [0.15, 0.2) is 37.1 Å². The van der Waals surface area contributed by atoms with Crippen LogP contribution in [-0.2, 0) is 7.05 Å². The maximum absolute atomic E-state index is 12.5. The van der Waals surface area contributed by atoms with Gasteiger partial charge in [0, 0.05) is 51.0 Å². The Labute approximate surface area is 152 Å². The zero-order valence-corrected chi connectivity index (χ0v) is 14.9. The van der Waals surface area contributed by atoms with Gasteiger partial charge in [0.05, 0.1) is 11.8 Å². The van der Waals surface area contributed by atoms with Crippen LogP contribution in [0.1, 0.15) is 46.5 Å². The van der Waals surface area contributed by atoms with Crippen molar-refractivity contribution in [2.24, 2.45) is 12.5 Å². The number of likely N-dealkylation sites (tertiary alicyclic amines) is 1. The second kappa shape index (κ2) is 6.55. The number of aryl methyl sites for hydroxylation is 1. The lowest BCUT2D eigenvalue weighted by atomic mass is 9.59. The van der Waals surface area contributed by atoms with Gasteiger partial charge in [0.2, 0.25) is 0 Å². The van der Waals surface area contributed by atoms with Crippen LogP contribution in [0.3, 0.4) is 0 Å². The van der Waals surface area contributed by atoms with Gasteiger partial charge in [0.25, 0.3) is 11.8 Å². The number of aromatic nitrogens is 3. The molecule has 0 bridgehead atoms. The van der Waals surface area contributed by atoms with Crippen molar-refractivity contribution < 1.29 is 9.59 Å². The Morgan fingerprint density at radius 1 is 1.23 bits per heavy atom. The molecule has 3 heterocycles. The summed E-state index contributed by atoms with van der Waals surface area (Å²) in [5.41, 5.74) is 1.22. The molecule has 1 aliphatic heterocycles. The molecule has 1 N–H and O–H groups in total. The van der Waals surface area contributed by atoms with Crippen molar-refractivity contribution in [2.75, 3.05) is 13.1 Å². The second-order valence-corrected chi connectivity index (χ2v) is 7.38. The Morgan fingerprint density at radius 3 is 2.62 bits per heavy atom. The van der Waals surface area contributed by atoms with Gasteiger partial charge < -0.3 is 14.8 Å². The molecule has 0 unspecified atom stereocenters. The third-order valence-electron chi connectivity index (χ3n) is 5.90. The summed E-state index contributed by atoms with van der Waals surface area (Å²) in [7, 11) is 1.91. The number of hydrogen-bond donors (Lipinski definition) is 1. The minimum absolute atomic E-state index is 0.00672. The summed E-state index contributed by atoms with van der Waals surface area (Å²) >= 11 is 0. The average molecular weight is 353 g/mol. The van der Waals surface area contributed by atoms with Gasteiger partial charge in [0.1, 0.15) is 5.69 Å². The molecular formula is C19H23N5O2. The van der Waals surface area contributed by atoms with E-state index in [2.05, 4.69) is 15.3 Å². The highest BCUT2D eigenvalue weighted by atomic mass is 16.2. The molecule has 2 aromatic rings. The third-order valence-corrected chi connectivity index (χ3v) is 5.90. The zero-order valence-electron chi connectivity index (χ0n) is 14.9. The number of nitrogens with one attached hydrogen (secondary N) is 1. The van der Waals surface area contributed by atoms with Crippen LogP contribution in [0.25, 0.3) is 0 Å². The first-order valence-electron chi connectivity index (χ1n) is 9.06. The number of hydrogen-bond acceptors (Lipinski definition) is 4. The smallest absolute Gasteiger partial charge is 0.274 e. The van der Waals surface area contributed by atoms with Crippen molar-refractivity contribution in [3.8, 4) is 0 Å². The van der Waals surface area contributed by atoms with Gasteiger partial charge in [-0.25, -0.2) is 4.98 Å². The number of piperidine rings is 1. The highest BCUT2D eigenvalue weighted by molar-refractivity contribution is 5.94. The van der Waals surface area contributed by atoms with Crippen LogP contribution >= 0.6 is 0 Å². The molecule has 1 atom stereocenters. The van der Waals surface area contributed by atoms with Crippen molar-refractivity contribution >= 4 is 11.8 Å². The van der Waals surface area contributed by atoms with Gasteiger partial charge in [-0.1, -0.05) is 0 Å². The maximum atomic E-state index is 12.5. The van der Waals surface area contributed by atoms with Gasteiger partial charge in [-0.3, -0.25) is 14.6 Å². The highest BCUT2D eigenvalue weighted by Crippen LogP contribution is 2.49. The number of carbonyl (C=O) groups excluding carboxylic acids is 2. The van der Waals surface area contributed by atoms with Crippen molar-refractivity contribution in [1.29, 1.82) is 0 Å². The Morgan fingerprint density at radius 2 is 2.04 bits per heavy atom. The topological polar surface area (TPSA) is 80.1 Å². The molecule has 0 aromatic carbocycles. The van der Waals surface area contributed by atoms with Gasteiger partial charge in [-0.05, 0) is 37.2 Å². The number of amides is 2. The predicted octanol–water partition coefficient (Wildman–Crippen LogP) is 1.63. The fourth-order valence-electron chi connectivity index (χ4n) is 4.13. The van der Waals surface area contributed by atoms with Gasteiger partial charge in [-0.2, -0.15) is 0 Å². The minimum atomic E-state index is -0.0582. The van der Waals surface area contributed by atoms with E-state index in [1.807, 2.05) is 35.0 Å². The predicted molar refractivity (Wildman–Crippen MR) is 95.5 cm³/mol. The van der Waals surface area contributed by atoms with Crippen molar-refractivity contribution in [1.82, 2.24) is 24.8 Å². The Balaban J connectivity index is 1.36. The van der Waals surface area contributed by atoms with Crippen LogP contribution in [0.2, 0.25) is 0 Å². The van der Waals surface area contributed by atoms with Gasteiger partial charge >= 0.3 is 0 Å². The zero-order chi connectivity index (χ0) is 18.1. The summed E-state index contributed by atoms with van der Waals surface area (Å²) in [5.74, 6) is -0.0649. The van der Waals surface area contributed by atoms with Gasteiger partial charge in [-0.15, -0.1) is 0 Å². The first kappa shape index (κ1) is 16.8. The standard InChI is InChI=1S/C19H23N5O2/c1-23-9-3-14(13-23)17(25)22-16-2-4-19(16)5-10-24(11-6-19)18(26)15-12-20-7-8-21-15/h3,7-9,12-13,16H,2,4-6,10-11H2,1H3,(H,22,25)/t16-/m1/s1. The molecule has 26 heavy (non-hydrogen) atoms. The van der Waals surface area contributed by atoms with E-state index >= 15 is 0 Å². The first-order valence-corrected chi connectivity index (χ1v) is 9.06. The SMILES string of the molecule is Cn1ccc(C(=O)N[C@@H]2CCC23CCN(C(=O)c2cnccn2)CC3)c1. The summed E-state index contributed by atoms with van der Waals surface area (Å²) in [6, 6.07) is 2.03. The Hall–Kier alpha value is -2.70. The minimum Gasteiger partial charge on any atom is -0.356 e. The normalized spacial score (nSPS) is 21.3. The quantitative estimate of drug-likeness (QED) is 0.909. The van der Waals surface area contributed by atoms with E-state index < -0.39 is 0 Å². The molecule has 7 heteroatoms. The molecule has 4 rings (SSSR count). The lowest BCUT2D eigenvalue weighted by Gasteiger charge is -2.54. The molecule has 2 aliphatic rings. The molecule has 1 saturated heterocycles. The third kappa shape index (κ3) is 2.98. The fraction of sp³-hybridized carbons (Fsp3) is 0.474. The average Bonchev–Trinajstić information content (AvgIpc) is 3.12. The van der Waals surface area contributed by atoms with E-state index in [4.69, 9.17) is 0 Å². The summed E-state index contributed by atoms with van der Waals surface area (Å²) in [6.07, 6.45) is 12.3. The van der Waals surface area contributed by atoms with E-state index in [9.17, 15) is 9.59 Å². The van der Waals surface area contributed by atoms with E-state index in [0.29, 0.717) is 24.3 Å². The molecule has 2 aromatic heterocycles. The highest BCUT2D eigenvalue weighted by Gasteiger charge is 2.49. The van der Waals surface area contributed by atoms with Gasteiger partial charge in [0.15, 0.2) is 0 Å². The van der Waals surface area contributed by atoms with Crippen LogP contribution in [0, 0.1) is 5.41 Å². The summed E-state index contributed by atoms with van der Waals surface area (Å²) in [4.78, 5) is 34.9. The molecule has 1 aliphatic carbocycles. The number of carbonyl (C=O) groups is 2. The number of nitrogens with zero attached hydrogens (tertiary/aromatic N) is 4. The summed E-state index contributed by atoms with van der Waals surface area (Å²) in [6.45, 7) is 1.40. The lowest BCUT2D eigenvalue weighted by molar-refractivity contribution is -0.00249. The van der Waals surface area contributed by atoms with Crippen LogP contribution in [-0.4, -0.2) is 50.4 Å². The van der Waals surface area contributed by atoms with Crippen LogP contribution < -0.4 is 5.32 Å². The maximum Gasteiger partial charge on any atom is 0.274 e. The Kier molecular flexibility index (Phi) is 4.22.